The van der Waals surface area contributed by atoms with E-state index in [1.54, 1.807) is 0 Å². The molecule has 1 aliphatic heterocycles. The monoisotopic (exact) mass is 629 g/mol. The van der Waals surface area contributed by atoms with Crippen LogP contribution in [-0.2, 0) is 0 Å². The van der Waals surface area contributed by atoms with E-state index in [0.29, 0.717) is 5.56 Å². The fraction of sp³-hybridized carbons (Fsp3) is 0.0889. The number of nitriles is 1. The van der Waals surface area contributed by atoms with Gasteiger partial charge in [-0.05, 0) is 58.4 Å². The normalized spacial score (nSPS) is 16.0. The minimum Gasteiger partial charge on any atom is -0.455 e. The highest BCUT2D eigenvalue weighted by atomic mass is 16.3. The van der Waals surface area contributed by atoms with E-state index < -0.39 is 0 Å². The van der Waals surface area contributed by atoms with Gasteiger partial charge in [-0.2, -0.15) is 5.26 Å². The summed E-state index contributed by atoms with van der Waals surface area (Å²) >= 11 is 0. The van der Waals surface area contributed by atoms with E-state index >= 15 is 0 Å². The summed E-state index contributed by atoms with van der Waals surface area (Å²) in [5, 5.41) is 13.8. The lowest BCUT2D eigenvalue weighted by Crippen LogP contribution is -2.18. The molecule has 6 aromatic carbocycles. The van der Waals surface area contributed by atoms with Crippen LogP contribution in [0.2, 0.25) is 0 Å². The first-order valence-electron chi connectivity index (χ1n) is 16.8. The van der Waals surface area contributed by atoms with Crippen molar-refractivity contribution >= 4 is 44.3 Å². The highest BCUT2D eigenvalue weighted by Crippen LogP contribution is 2.41. The number of benzene rings is 6. The Kier molecular flexibility index (Phi) is 7.10. The van der Waals surface area contributed by atoms with Crippen molar-refractivity contribution in [2.45, 2.75) is 25.3 Å². The van der Waals surface area contributed by atoms with E-state index in [4.69, 9.17) is 14.4 Å². The Morgan fingerprint density at radius 1 is 0.673 bits per heavy atom. The van der Waals surface area contributed by atoms with Gasteiger partial charge in [0.05, 0.1) is 23.4 Å². The topological polar surface area (TPSA) is 61.6 Å². The van der Waals surface area contributed by atoms with Crippen molar-refractivity contribution in [2.75, 3.05) is 0 Å². The largest absolute Gasteiger partial charge is 0.455 e. The van der Waals surface area contributed by atoms with Gasteiger partial charge in [-0.15, -0.1) is 0 Å². The van der Waals surface area contributed by atoms with Gasteiger partial charge in [0.15, 0.2) is 5.84 Å². The summed E-state index contributed by atoms with van der Waals surface area (Å²) in [4.78, 5) is 10.2. The van der Waals surface area contributed by atoms with Crippen LogP contribution in [0.1, 0.15) is 42.0 Å². The Labute approximate surface area is 284 Å². The first kappa shape index (κ1) is 28.9. The van der Waals surface area contributed by atoms with E-state index in [1.807, 2.05) is 42.5 Å². The molecule has 1 aliphatic carbocycles. The maximum Gasteiger partial charge on any atom is 0.155 e. The molecule has 0 amide bonds. The predicted molar refractivity (Wildman–Crippen MR) is 201 cm³/mol. The number of aliphatic imine (C=N–C) groups is 2. The summed E-state index contributed by atoms with van der Waals surface area (Å²) in [7, 11) is 0. The lowest BCUT2D eigenvalue weighted by atomic mass is 9.93. The van der Waals surface area contributed by atoms with Crippen LogP contribution in [0.3, 0.4) is 0 Å². The van der Waals surface area contributed by atoms with Gasteiger partial charge in [0.1, 0.15) is 11.2 Å². The molecular formula is C45H31N3O. The highest BCUT2D eigenvalue weighted by Gasteiger charge is 2.23. The Balaban J connectivity index is 1.05. The van der Waals surface area contributed by atoms with Crippen molar-refractivity contribution in [2.24, 2.45) is 9.98 Å². The molecule has 4 heteroatoms. The lowest BCUT2D eigenvalue weighted by molar-refractivity contribution is 0.673. The van der Waals surface area contributed by atoms with Crippen LogP contribution in [0, 0.1) is 11.3 Å². The third-order valence-corrected chi connectivity index (χ3v) is 9.71. The number of nitrogens with zero attached hydrogens (tertiary/aromatic N) is 3. The molecule has 1 aromatic heterocycles. The highest BCUT2D eigenvalue weighted by molar-refractivity contribution is 6.20. The SMILES string of the molecule is N#Cc1cc2c(oc3cccc(-c4ccc(-c5ccc(C6=NC(c7ccccc7)CC(C7=CCCC=C7)=N6)cc5)cc4)c32)c2ccccc12. The molecule has 9 rings (SSSR count). The molecule has 1 unspecified atom stereocenters. The number of amidine groups is 1. The van der Waals surface area contributed by atoms with Gasteiger partial charge in [0.25, 0.3) is 0 Å². The van der Waals surface area contributed by atoms with Crippen molar-refractivity contribution in [1.82, 2.24) is 0 Å². The van der Waals surface area contributed by atoms with Crippen LogP contribution in [0.25, 0.3) is 55.0 Å². The molecule has 0 saturated carbocycles. The number of fused-ring (bicyclic) bond motifs is 5. The zero-order valence-corrected chi connectivity index (χ0v) is 26.8. The summed E-state index contributed by atoms with van der Waals surface area (Å²) in [6.45, 7) is 0. The quantitative estimate of drug-likeness (QED) is 0.190. The molecule has 0 saturated heterocycles. The summed E-state index contributed by atoms with van der Waals surface area (Å²) in [5.41, 5.74) is 11.3. The Hall–Kier alpha value is -6.31. The molecule has 1 atom stereocenters. The maximum atomic E-state index is 9.95. The molecule has 0 N–H and O–H groups in total. The van der Waals surface area contributed by atoms with Crippen molar-refractivity contribution in [3.05, 3.63) is 168 Å². The van der Waals surface area contributed by atoms with Gasteiger partial charge in [-0.25, -0.2) is 4.99 Å². The molecule has 4 nitrogen and oxygen atoms in total. The minimum absolute atomic E-state index is 0.0363. The molecule has 7 aromatic rings. The van der Waals surface area contributed by atoms with Gasteiger partial charge >= 0.3 is 0 Å². The van der Waals surface area contributed by atoms with Crippen LogP contribution in [0.4, 0.5) is 0 Å². The van der Waals surface area contributed by atoms with Gasteiger partial charge in [0.2, 0.25) is 0 Å². The number of hydrogen-bond donors (Lipinski definition) is 0. The molecule has 232 valence electrons. The summed E-state index contributed by atoms with van der Waals surface area (Å²) in [5.74, 6) is 0.782. The van der Waals surface area contributed by atoms with Crippen molar-refractivity contribution in [1.29, 1.82) is 5.26 Å². The van der Waals surface area contributed by atoms with E-state index in [0.717, 1.165) is 91.3 Å². The number of hydrogen-bond acceptors (Lipinski definition) is 4. The molecule has 49 heavy (non-hydrogen) atoms. The predicted octanol–water partition coefficient (Wildman–Crippen LogP) is 11.6. The first-order valence-corrected chi connectivity index (χ1v) is 16.8. The number of furan rings is 1. The number of rotatable bonds is 5. The van der Waals surface area contributed by atoms with E-state index in [9.17, 15) is 5.26 Å². The second-order valence-corrected chi connectivity index (χ2v) is 12.7. The van der Waals surface area contributed by atoms with Crippen molar-refractivity contribution in [3.8, 4) is 28.3 Å². The van der Waals surface area contributed by atoms with Crippen LogP contribution in [0.5, 0.6) is 0 Å². The average Bonchev–Trinajstić information content (AvgIpc) is 3.57. The van der Waals surface area contributed by atoms with Gasteiger partial charge < -0.3 is 4.42 Å². The second-order valence-electron chi connectivity index (χ2n) is 12.7. The van der Waals surface area contributed by atoms with Crippen molar-refractivity contribution < 1.29 is 4.42 Å². The fourth-order valence-corrected chi connectivity index (χ4v) is 7.23. The van der Waals surface area contributed by atoms with Crippen LogP contribution in [0.15, 0.2) is 166 Å². The van der Waals surface area contributed by atoms with Gasteiger partial charge in [-0.1, -0.05) is 133 Å². The standard InChI is InChI=1S/C45H31N3O/c46-28-35-26-39-43-37(16-9-17-42(43)49-44(39)38-15-8-7-14-36(35)38)31-22-18-29(19-23-31)30-20-24-34(25-21-30)45-47-40(32-10-3-1-4-11-32)27-41(48-45)33-12-5-2-6-13-33/h1,3-5,7-26,40H,2,6,27H2. The fourth-order valence-electron chi connectivity index (χ4n) is 7.23. The van der Waals surface area contributed by atoms with E-state index in [-0.39, 0.29) is 6.04 Å². The van der Waals surface area contributed by atoms with Crippen molar-refractivity contribution in [3.63, 3.8) is 0 Å². The third kappa shape index (κ3) is 5.17. The molecule has 0 radical (unpaired) electrons. The second kappa shape index (κ2) is 12.0. The summed E-state index contributed by atoms with van der Waals surface area (Å²) in [6.07, 6.45) is 9.68. The smallest absolute Gasteiger partial charge is 0.155 e. The van der Waals surface area contributed by atoms with Crippen LogP contribution in [-0.4, -0.2) is 11.5 Å². The average molecular weight is 630 g/mol. The first-order chi connectivity index (χ1) is 24.2. The molecule has 0 bridgehead atoms. The van der Waals surface area contributed by atoms with Crippen LogP contribution < -0.4 is 0 Å². The van der Waals surface area contributed by atoms with E-state index in [1.165, 1.54) is 11.1 Å². The Bertz CT molecular complexity index is 2560. The van der Waals surface area contributed by atoms with E-state index in [2.05, 4.69) is 109 Å². The summed E-state index contributed by atoms with van der Waals surface area (Å²) < 4.78 is 6.42. The number of allylic oxidation sites excluding steroid dienone is 4. The molecular weight excluding hydrogens is 599 g/mol. The molecule has 0 fully saturated rings. The minimum atomic E-state index is 0.0363. The van der Waals surface area contributed by atoms with Gasteiger partial charge in [-0.3, -0.25) is 4.99 Å². The maximum absolute atomic E-state index is 9.95. The van der Waals surface area contributed by atoms with Crippen LogP contribution >= 0.6 is 0 Å². The Morgan fingerprint density at radius 2 is 1.39 bits per heavy atom. The molecule has 0 spiro atoms. The lowest BCUT2D eigenvalue weighted by Gasteiger charge is -2.22. The van der Waals surface area contributed by atoms with Gasteiger partial charge in [0, 0.05) is 33.5 Å². The zero-order valence-electron chi connectivity index (χ0n) is 26.8. The Morgan fingerprint density at radius 3 is 2.12 bits per heavy atom. The molecule has 2 heterocycles. The third-order valence-electron chi connectivity index (χ3n) is 9.71. The summed E-state index contributed by atoms with van der Waals surface area (Å²) in [6, 6.07) is 46.3. The molecule has 2 aliphatic rings. The zero-order chi connectivity index (χ0) is 32.7.